The maximum absolute atomic E-state index is 8.87. The first-order valence-corrected chi connectivity index (χ1v) is 4.39. The molecule has 1 heterocycles. The molecule has 68 valence electrons. The van der Waals surface area contributed by atoms with Gasteiger partial charge in [-0.05, 0) is 25.3 Å². The third-order valence-electron chi connectivity index (χ3n) is 1.97. The molecule has 0 radical (unpaired) electrons. The average molecular weight is 168 g/mol. The van der Waals surface area contributed by atoms with Crippen molar-refractivity contribution in [3.8, 4) is 0 Å². The van der Waals surface area contributed by atoms with Gasteiger partial charge in [0.1, 0.15) is 0 Å². The Morgan fingerprint density at radius 1 is 1.67 bits per heavy atom. The molecule has 0 saturated carbocycles. The summed E-state index contributed by atoms with van der Waals surface area (Å²) in [5.41, 5.74) is 1.21. The summed E-state index contributed by atoms with van der Waals surface area (Å²) in [5, 5.41) is 13.0. The largest absolute Gasteiger partial charge is 0.396 e. The van der Waals surface area contributed by atoms with Crippen LogP contribution in [0.5, 0.6) is 0 Å². The van der Waals surface area contributed by atoms with Gasteiger partial charge in [-0.1, -0.05) is 6.92 Å². The predicted molar refractivity (Wildman–Crippen MR) is 47.9 cm³/mol. The second-order valence-electron chi connectivity index (χ2n) is 3.13. The van der Waals surface area contributed by atoms with Gasteiger partial charge in [-0.25, -0.2) is 0 Å². The molecule has 0 bridgehead atoms. The lowest BCUT2D eigenvalue weighted by atomic mass is 10.1. The summed E-state index contributed by atoms with van der Waals surface area (Å²) in [5.74, 6) is 0.326. The first-order chi connectivity index (χ1) is 5.77. The first-order valence-electron chi connectivity index (χ1n) is 4.39. The number of rotatable bonds is 4. The molecule has 0 spiro atoms. The van der Waals surface area contributed by atoms with Gasteiger partial charge in [0.2, 0.25) is 0 Å². The van der Waals surface area contributed by atoms with Crippen LogP contribution in [0.25, 0.3) is 0 Å². The van der Waals surface area contributed by atoms with Crippen molar-refractivity contribution in [3.63, 3.8) is 0 Å². The molecule has 0 aliphatic carbocycles. The molecule has 0 fully saturated rings. The highest BCUT2D eigenvalue weighted by molar-refractivity contribution is 5.01. The fourth-order valence-corrected chi connectivity index (χ4v) is 1.24. The van der Waals surface area contributed by atoms with Gasteiger partial charge < -0.3 is 5.11 Å². The van der Waals surface area contributed by atoms with Crippen molar-refractivity contribution in [2.24, 2.45) is 5.92 Å². The van der Waals surface area contributed by atoms with E-state index >= 15 is 0 Å². The third kappa shape index (κ3) is 2.08. The van der Waals surface area contributed by atoms with Crippen LogP contribution in [0.2, 0.25) is 0 Å². The van der Waals surface area contributed by atoms with Crippen molar-refractivity contribution < 1.29 is 5.11 Å². The number of hydrogen-bond donors (Lipinski definition) is 1. The van der Waals surface area contributed by atoms with E-state index in [0.717, 1.165) is 13.0 Å². The molecule has 0 aliphatic heterocycles. The monoisotopic (exact) mass is 168 g/mol. The lowest BCUT2D eigenvalue weighted by molar-refractivity contribution is 0.235. The van der Waals surface area contributed by atoms with Crippen molar-refractivity contribution in [3.05, 3.63) is 18.0 Å². The van der Waals surface area contributed by atoms with E-state index in [0.29, 0.717) is 5.92 Å². The highest BCUT2D eigenvalue weighted by Gasteiger charge is 2.05. The van der Waals surface area contributed by atoms with E-state index in [9.17, 15) is 0 Å². The number of nitrogens with zero attached hydrogens (tertiary/aromatic N) is 2. The minimum absolute atomic E-state index is 0.245. The van der Waals surface area contributed by atoms with Gasteiger partial charge in [-0.15, -0.1) is 0 Å². The second kappa shape index (κ2) is 4.26. The quantitative estimate of drug-likeness (QED) is 0.730. The van der Waals surface area contributed by atoms with E-state index < -0.39 is 0 Å². The van der Waals surface area contributed by atoms with Crippen LogP contribution in [-0.2, 0) is 13.0 Å². The molecule has 1 rings (SSSR count). The molecule has 0 aromatic carbocycles. The van der Waals surface area contributed by atoms with Crippen LogP contribution in [0.3, 0.4) is 0 Å². The Balaban J connectivity index is 2.61. The molecule has 3 heteroatoms. The molecule has 0 aliphatic rings. The van der Waals surface area contributed by atoms with E-state index in [-0.39, 0.29) is 6.61 Å². The van der Waals surface area contributed by atoms with Crippen LogP contribution < -0.4 is 0 Å². The highest BCUT2D eigenvalue weighted by atomic mass is 16.3. The zero-order valence-electron chi connectivity index (χ0n) is 7.70. The summed E-state index contributed by atoms with van der Waals surface area (Å²) in [6.45, 7) is 5.25. The van der Waals surface area contributed by atoms with Crippen molar-refractivity contribution in [2.45, 2.75) is 26.8 Å². The van der Waals surface area contributed by atoms with E-state index in [4.69, 9.17) is 5.11 Å². The zero-order chi connectivity index (χ0) is 8.97. The number of aliphatic hydroxyl groups is 1. The van der Waals surface area contributed by atoms with Crippen LogP contribution in [0.1, 0.15) is 19.5 Å². The molecule has 12 heavy (non-hydrogen) atoms. The maximum atomic E-state index is 8.87. The molecule has 1 N–H and O–H groups in total. The number of hydrogen-bond acceptors (Lipinski definition) is 2. The van der Waals surface area contributed by atoms with Crippen LogP contribution >= 0.6 is 0 Å². The summed E-state index contributed by atoms with van der Waals surface area (Å²) < 4.78 is 1.96. The van der Waals surface area contributed by atoms with E-state index in [1.165, 1.54) is 5.69 Å². The minimum atomic E-state index is 0.245. The van der Waals surface area contributed by atoms with Gasteiger partial charge in [0.15, 0.2) is 0 Å². The van der Waals surface area contributed by atoms with Crippen molar-refractivity contribution >= 4 is 0 Å². The molecule has 0 saturated heterocycles. The standard InChI is InChI=1S/C9H16N2O/c1-3-11-9(4-5-10-11)6-8(2)7-12/h4-5,8,12H,3,6-7H2,1-2H3. The van der Waals surface area contributed by atoms with Gasteiger partial charge in [0.25, 0.3) is 0 Å². The van der Waals surface area contributed by atoms with Crippen LogP contribution in [-0.4, -0.2) is 21.5 Å². The fraction of sp³-hybridized carbons (Fsp3) is 0.667. The molecule has 1 unspecified atom stereocenters. The maximum Gasteiger partial charge on any atom is 0.0492 e. The lowest BCUT2D eigenvalue weighted by Crippen LogP contribution is -2.10. The second-order valence-corrected chi connectivity index (χ2v) is 3.13. The summed E-state index contributed by atoms with van der Waals surface area (Å²) in [4.78, 5) is 0. The molecule has 3 nitrogen and oxygen atoms in total. The molecule has 1 aromatic heterocycles. The number of aryl methyl sites for hydroxylation is 1. The third-order valence-corrected chi connectivity index (χ3v) is 1.97. The van der Waals surface area contributed by atoms with Gasteiger partial charge in [0.05, 0.1) is 0 Å². The Morgan fingerprint density at radius 2 is 2.42 bits per heavy atom. The van der Waals surface area contributed by atoms with Gasteiger partial charge in [0, 0.05) is 25.0 Å². The van der Waals surface area contributed by atoms with Gasteiger partial charge in [-0.3, -0.25) is 4.68 Å². The summed E-state index contributed by atoms with van der Waals surface area (Å²) in [7, 11) is 0. The highest BCUT2D eigenvalue weighted by Crippen LogP contribution is 2.06. The Hall–Kier alpha value is -0.830. The van der Waals surface area contributed by atoms with Gasteiger partial charge >= 0.3 is 0 Å². The Bertz CT molecular complexity index is 232. The zero-order valence-corrected chi connectivity index (χ0v) is 7.70. The molecule has 1 atom stereocenters. The number of aromatic nitrogens is 2. The first kappa shape index (κ1) is 9.26. The minimum Gasteiger partial charge on any atom is -0.396 e. The van der Waals surface area contributed by atoms with Crippen molar-refractivity contribution in [2.75, 3.05) is 6.61 Å². The normalized spacial score (nSPS) is 13.2. The fourth-order valence-electron chi connectivity index (χ4n) is 1.24. The molecule has 1 aromatic rings. The summed E-state index contributed by atoms with van der Waals surface area (Å²) >= 11 is 0. The predicted octanol–water partition coefficient (Wildman–Crippen LogP) is 1.07. The molecular weight excluding hydrogens is 152 g/mol. The van der Waals surface area contributed by atoms with Crippen LogP contribution in [0.4, 0.5) is 0 Å². The molecule has 0 amide bonds. The smallest absolute Gasteiger partial charge is 0.0492 e. The average Bonchev–Trinajstić information content (AvgIpc) is 2.51. The molecular formula is C9H16N2O. The van der Waals surface area contributed by atoms with E-state index in [1.54, 1.807) is 0 Å². The lowest BCUT2D eigenvalue weighted by Gasteiger charge is -2.08. The SMILES string of the molecule is CCn1nccc1CC(C)CO. The summed E-state index contributed by atoms with van der Waals surface area (Å²) in [6, 6.07) is 2.01. The topological polar surface area (TPSA) is 38.0 Å². The van der Waals surface area contributed by atoms with Crippen LogP contribution in [0, 0.1) is 5.92 Å². The van der Waals surface area contributed by atoms with E-state index in [1.807, 2.05) is 23.9 Å². The van der Waals surface area contributed by atoms with Crippen molar-refractivity contribution in [1.82, 2.24) is 9.78 Å². The van der Waals surface area contributed by atoms with Crippen molar-refractivity contribution in [1.29, 1.82) is 0 Å². The Morgan fingerprint density at radius 3 is 3.00 bits per heavy atom. The Labute approximate surface area is 73.0 Å². The van der Waals surface area contributed by atoms with Gasteiger partial charge in [-0.2, -0.15) is 5.10 Å². The number of aliphatic hydroxyl groups excluding tert-OH is 1. The van der Waals surface area contributed by atoms with Crippen LogP contribution in [0.15, 0.2) is 12.3 Å². The van der Waals surface area contributed by atoms with E-state index in [2.05, 4.69) is 12.0 Å². The Kier molecular flexibility index (Phi) is 3.29. The summed E-state index contributed by atoms with van der Waals surface area (Å²) in [6.07, 6.45) is 2.72.